The van der Waals surface area contributed by atoms with Gasteiger partial charge in [0.05, 0.1) is 12.6 Å². The summed E-state index contributed by atoms with van der Waals surface area (Å²) in [5, 5.41) is 3.02. The molecule has 0 aliphatic carbocycles. The zero-order valence-corrected chi connectivity index (χ0v) is 11.0. The van der Waals surface area contributed by atoms with E-state index in [9.17, 15) is 4.79 Å². The molecule has 0 bridgehead atoms. The van der Waals surface area contributed by atoms with E-state index < -0.39 is 0 Å². The summed E-state index contributed by atoms with van der Waals surface area (Å²) in [7, 11) is 0. The molecule has 0 spiro atoms. The van der Waals surface area contributed by atoms with Crippen LogP contribution in [0.1, 0.15) is 18.9 Å². The van der Waals surface area contributed by atoms with E-state index >= 15 is 0 Å². The second kappa shape index (κ2) is 5.87. The van der Waals surface area contributed by atoms with Gasteiger partial charge in [0.2, 0.25) is 0 Å². The van der Waals surface area contributed by atoms with Crippen molar-refractivity contribution in [3.05, 3.63) is 29.8 Å². The third-order valence-corrected chi connectivity index (χ3v) is 3.22. The van der Waals surface area contributed by atoms with E-state index in [0.29, 0.717) is 13.2 Å². The van der Waals surface area contributed by atoms with Gasteiger partial charge >= 0.3 is 6.03 Å². The lowest BCUT2D eigenvalue weighted by molar-refractivity contribution is 0.189. The van der Waals surface area contributed by atoms with Crippen molar-refractivity contribution in [2.75, 3.05) is 24.7 Å². The molecule has 1 aromatic rings. The number of amides is 2. The molecular formula is C14H20N2O2. The van der Waals surface area contributed by atoms with Crippen molar-refractivity contribution in [3.63, 3.8) is 0 Å². The number of hydrogen-bond acceptors (Lipinski definition) is 2. The Labute approximate surface area is 108 Å². The summed E-state index contributed by atoms with van der Waals surface area (Å²) in [6, 6.07) is 8.04. The van der Waals surface area contributed by atoms with Gasteiger partial charge in [-0.3, -0.25) is 4.90 Å². The van der Waals surface area contributed by atoms with Crippen LogP contribution in [0.2, 0.25) is 0 Å². The second-order valence-electron chi connectivity index (χ2n) is 4.54. The number of carbonyl (C=O) groups excluding carboxylic acids is 1. The van der Waals surface area contributed by atoms with E-state index in [2.05, 4.69) is 5.32 Å². The first-order valence-corrected chi connectivity index (χ1v) is 6.43. The third kappa shape index (κ3) is 2.82. The topological polar surface area (TPSA) is 41.6 Å². The standard InChI is InChI=1S/C14H20N2O2/c1-3-16(13-7-5-4-6-11(13)2)14(17)15-12-8-9-18-10-12/h4-7,12H,3,8-10H2,1-2H3,(H,15,17). The van der Waals surface area contributed by atoms with Crippen LogP contribution in [0, 0.1) is 6.92 Å². The van der Waals surface area contributed by atoms with Gasteiger partial charge in [-0.05, 0) is 31.9 Å². The number of nitrogens with zero attached hydrogens (tertiary/aromatic N) is 1. The molecule has 1 aromatic carbocycles. The molecule has 1 saturated heterocycles. The van der Waals surface area contributed by atoms with Crippen molar-refractivity contribution in [2.24, 2.45) is 0 Å². The van der Waals surface area contributed by atoms with Crippen molar-refractivity contribution >= 4 is 11.7 Å². The molecule has 2 amide bonds. The summed E-state index contributed by atoms with van der Waals surface area (Å²) in [5.74, 6) is 0. The van der Waals surface area contributed by atoms with Crippen molar-refractivity contribution < 1.29 is 9.53 Å². The average Bonchev–Trinajstić information content (AvgIpc) is 2.85. The molecule has 1 fully saturated rings. The van der Waals surface area contributed by atoms with E-state index in [-0.39, 0.29) is 12.1 Å². The summed E-state index contributed by atoms with van der Waals surface area (Å²) in [4.78, 5) is 14.0. The number of nitrogens with one attached hydrogen (secondary N) is 1. The molecule has 0 radical (unpaired) electrons. The lowest BCUT2D eigenvalue weighted by Gasteiger charge is -2.24. The molecule has 0 aromatic heterocycles. The fourth-order valence-corrected chi connectivity index (χ4v) is 2.19. The Morgan fingerprint density at radius 2 is 2.28 bits per heavy atom. The number of benzene rings is 1. The average molecular weight is 248 g/mol. The van der Waals surface area contributed by atoms with Gasteiger partial charge in [0.25, 0.3) is 0 Å². The van der Waals surface area contributed by atoms with Crippen molar-refractivity contribution in [2.45, 2.75) is 26.3 Å². The highest BCUT2D eigenvalue weighted by molar-refractivity contribution is 5.92. The predicted octanol–water partition coefficient (Wildman–Crippen LogP) is 2.32. The van der Waals surface area contributed by atoms with Crippen LogP contribution < -0.4 is 10.2 Å². The predicted molar refractivity (Wildman–Crippen MR) is 72.0 cm³/mol. The van der Waals surface area contributed by atoms with Crippen LogP contribution in [0.3, 0.4) is 0 Å². The van der Waals surface area contributed by atoms with Gasteiger partial charge in [-0.2, -0.15) is 0 Å². The fraction of sp³-hybridized carbons (Fsp3) is 0.500. The maximum atomic E-state index is 12.2. The Kier molecular flexibility index (Phi) is 4.20. The van der Waals surface area contributed by atoms with Crippen LogP contribution in [0.4, 0.5) is 10.5 Å². The molecule has 1 unspecified atom stereocenters. The van der Waals surface area contributed by atoms with Crippen LogP contribution in [0.25, 0.3) is 0 Å². The number of hydrogen-bond donors (Lipinski definition) is 1. The Balaban J connectivity index is 2.08. The molecule has 1 aliphatic rings. The fourth-order valence-electron chi connectivity index (χ4n) is 2.19. The van der Waals surface area contributed by atoms with Gasteiger partial charge in [-0.15, -0.1) is 0 Å². The first-order valence-electron chi connectivity index (χ1n) is 6.43. The number of urea groups is 1. The molecule has 1 atom stereocenters. The first-order chi connectivity index (χ1) is 8.72. The molecular weight excluding hydrogens is 228 g/mol. The minimum atomic E-state index is -0.0395. The van der Waals surface area contributed by atoms with Crippen molar-refractivity contribution in [1.82, 2.24) is 5.32 Å². The summed E-state index contributed by atoms with van der Waals surface area (Å²) < 4.78 is 5.27. The van der Waals surface area contributed by atoms with Gasteiger partial charge in [-0.1, -0.05) is 18.2 Å². The summed E-state index contributed by atoms with van der Waals surface area (Å²) in [6.07, 6.45) is 0.900. The summed E-state index contributed by atoms with van der Waals surface area (Å²) in [5.41, 5.74) is 2.08. The highest BCUT2D eigenvalue weighted by Crippen LogP contribution is 2.19. The minimum Gasteiger partial charge on any atom is -0.379 e. The molecule has 4 heteroatoms. The van der Waals surface area contributed by atoms with Gasteiger partial charge in [0.1, 0.15) is 0 Å². The van der Waals surface area contributed by atoms with Crippen LogP contribution in [0.5, 0.6) is 0 Å². The van der Waals surface area contributed by atoms with E-state index in [1.54, 1.807) is 4.90 Å². The number of para-hydroxylation sites is 1. The van der Waals surface area contributed by atoms with Crippen molar-refractivity contribution in [3.8, 4) is 0 Å². The van der Waals surface area contributed by atoms with E-state index in [0.717, 1.165) is 24.3 Å². The largest absolute Gasteiger partial charge is 0.379 e. The number of anilines is 1. The SMILES string of the molecule is CCN(C(=O)NC1CCOC1)c1ccccc1C. The van der Waals surface area contributed by atoms with Gasteiger partial charge in [-0.25, -0.2) is 4.79 Å². The van der Waals surface area contributed by atoms with Crippen molar-refractivity contribution in [1.29, 1.82) is 0 Å². The summed E-state index contributed by atoms with van der Waals surface area (Å²) in [6.45, 7) is 6.02. The van der Waals surface area contributed by atoms with E-state index in [1.165, 1.54) is 0 Å². The molecule has 98 valence electrons. The maximum Gasteiger partial charge on any atom is 0.322 e. The highest BCUT2D eigenvalue weighted by atomic mass is 16.5. The Hall–Kier alpha value is -1.55. The summed E-state index contributed by atoms with van der Waals surface area (Å²) >= 11 is 0. The molecule has 4 nitrogen and oxygen atoms in total. The Morgan fingerprint density at radius 3 is 2.89 bits per heavy atom. The number of rotatable bonds is 3. The first kappa shape index (κ1) is 12.9. The third-order valence-electron chi connectivity index (χ3n) is 3.22. The molecule has 0 saturated carbocycles. The molecule has 1 heterocycles. The van der Waals surface area contributed by atoms with Gasteiger partial charge < -0.3 is 10.1 Å². The van der Waals surface area contributed by atoms with E-state index in [1.807, 2.05) is 38.1 Å². The van der Waals surface area contributed by atoms with E-state index in [4.69, 9.17) is 4.74 Å². The minimum absolute atomic E-state index is 0.0395. The normalized spacial score (nSPS) is 18.7. The zero-order chi connectivity index (χ0) is 13.0. The second-order valence-corrected chi connectivity index (χ2v) is 4.54. The number of carbonyl (C=O) groups is 1. The van der Waals surface area contributed by atoms with Gasteiger partial charge in [0.15, 0.2) is 0 Å². The number of ether oxygens (including phenoxy) is 1. The quantitative estimate of drug-likeness (QED) is 0.892. The number of aryl methyl sites for hydroxylation is 1. The van der Waals surface area contributed by atoms with Crippen LogP contribution >= 0.6 is 0 Å². The highest BCUT2D eigenvalue weighted by Gasteiger charge is 2.22. The van der Waals surface area contributed by atoms with Crippen LogP contribution in [-0.2, 0) is 4.74 Å². The smallest absolute Gasteiger partial charge is 0.322 e. The van der Waals surface area contributed by atoms with Gasteiger partial charge in [0, 0.05) is 18.8 Å². The lowest BCUT2D eigenvalue weighted by atomic mass is 10.2. The maximum absolute atomic E-state index is 12.2. The zero-order valence-electron chi connectivity index (χ0n) is 11.0. The Bertz CT molecular complexity index is 414. The lowest BCUT2D eigenvalue weighted by Crippen LogP contribution is -2.45. The van der Waals surface area contributed by atoms with Crippen LogP contribution in [0.15, 0.2) is 24.3 Å². The molecule has 1 N–H and O–H groups in total. The monoisotopic (exact) mass is 248 g/mol. The molecule has 1 aliphatic heterocycles. The molecule has 18 heavy (non-hydrogen) atoms. The Morgan fingerprint density at radius 1 is 1.50 bits per heavy atom. The van der Waals surface area contributed by atoms with Crippen LogP contribution in [-0.4, -0.2) is 31.8 Å². The molecule has 2 rings (SSSR count).